The van der Waals surface area contributed by atoms with Gasteiger partial charge in [0.1, 0.15) is 12.6 Å². The number of anilines is 1. The summed E-state index contributed by atoms with van der Waals surface area (Å²) >= 11 is 16.0. The third-order valence-corrected chi connectivity index (χ3v) is 9.59. The summed E-state index contributed by atoms with van der Waals surface area (Å²) in [5, 5.41) is 3.35. The van der Waals surface area contributed by atoms with Gasteiger partial charge in [0.05, 0.1) is 10.6 Å². The molecule has 0 spiro atoms. The first-order valence-electron chi connectivity index (χ1n) is 14.0. The molecule has 0 aliphatic rings. The predicted molar refractivity (Wildman–Crippen MR) is 179 cm³/mol. The number of amides is 2. The van der Waals surface area contributed by atoms with E-state index in [1.54, 1.807) is 18.2 Å². The second-order valence-corrected chi connectivity index (χ2v) is 13.7. The summed E-state index contributed by atoms with van der Waals surface area (Å²) in [5.74, 6) is -0.902. The number of rotatable bonds is 13. The van der Waals surface area contributed by atoms with Gasteiger partial charge in [-0.1, -0.05) is 107 Å². The van der Waals surface area contributed by atoms with Crippen molar-refractivity contribution in [1.29, 1.82) is 0 Å². The lowest BCUT2D eigenvalue weighted by Gasteiger charge is -2.34. The summed E-state index contributed by atoms with van der Waals surface area (Å²) < 4.78 is 29.9. The van der Waals surface area contributed by atoms with Crippen LogP contribution in [0.15, 0.2) is 112 Å². The fraction of sp³-hybridized carbons (Fsp3) is 0.212. The number of carbonyl (C=O) groups excluding carboxylic acids is 2. The van der Waals surface area contributed by atoms with Gasteiger partial charge in [-0.15, -0.1) is 0 Å². The summed E-state index contributed by atoms with van der Waals surface area (Å²) in [7, 11) is -4.25. The molecule has 0 aliphatic heterocycles. The number of nitrogens with one attached hydrogen (secondary N) is 1. The molecule has 4 aromatic carbocycles. The molecule has 7 nitrogen and oxygen atoms in total. The molecule has 0 saturated heterocycles. The zero-order valence-electron chi connectivity index (χ0n) is 24.0. The molecule has 0 bridgehead atoms. The Bertz CT molecular complexity index is 1650. The quantitative estimate of drug-likeness (QED) is 0.160. The Hall–Kier alpha value is -3.37. The lowest BCUT2D eigenvalue weighted by atomic mass is 10.0. The van der Waals surface area contributed by atoms with Crippen molar-refractivity contribution in [2.24, 2.45) is 0 Å². The number of hydrogen-bond acceptors (Lipinski definition) is 4. The van der Waals surface area contributed by atoms with Crippen LogP contribution in [-0.2, 0) is 32.6 Å². The van der Waals surface area contributed by atoms with Crippen molar-refractivity contribution in [3.63, 3.8) is 0 Å². The maximum atomic E-state index is 14.4. The summed E-state index contributed by atoms with van der Waals surface area (Å²) in [4.78, 5) is 29.5. The average Bonchev–Trinajstić information content (AvgIpc) is 3.01. The molecule has 1 unspecified atom stereocenters. The minimum absolute atomic E-state index is 0.00937. The molecule has 1 atom stereocenters. The fourth-order valence-corrected chi connectivity index (χ4v) is 6.84. The van der Waals surface area contributed by atoms with Crippen molar-refractivity contribution in [3.8, 4) is 0 Å². The van der Waals surface area contributed by atoms with Crippen LogP contribution in [0.3, 0.4) is 0 Å². The van der Waals surface area contributed by atoms with E-state index in [1.807, 2.05) is 61.5 Å². The van der Waals surface area contributed by atoms with E-state index in [4.69, 9.17) is 23.2 Å². The van der Waals surface area contributed by atoms with Crippen molar-refractivity contribution in [3.05, 3.63) is 129 Å². The van der Waals surface area contributed by atoms with Gasteiger partial charge in [-0.05, 0) is 60.0 Å². The first-order chi connectivity index (χ1) is 21.1. The first-order valence-corrected chi connectivity index (χ1v) is 17.0. The van der Waals surface area contributed by atoms with E-state index in [-0.39, 0.29) is 39.5 Å². The average molecular weight is 718 g/mol. The van der Waals surface area contributed by atoms with Crippen LogP contribution in [0.25, 0.3) is 0 Å². The van der Waals surface area contributed by atoms with E-state index in [2.05, 4.69) is 21.2 Å². The fourth-order valence-electron chi connectivity index (χ4n) is 4.64. The molecule has 0 radical (unpaired) electrons. The minimum Gasteiger partial charge on any atom is -0.354 e. The van der Waals surface area contributed by atoms with Gasteiger partial charge in [0.15, 0.2) is 0 Å². The maximum Gasteiger partial charge on any atom is 0.264 e. The topological polar surface area (TPSA) is 86.8 Å². The lowest BCUT2D eigenvalue weighted by molar-refractivity contribution is -0.140. The van der Waals surface area contributed by atoms with Crippen molar-refractivity contribution < 1.29 is 18.0 Å². The van der Waals surface area contributed by atoms with Crippen molar-refractivity contribution in [2.75, 3.05) is 17.4 Å². The Morgan fingerprint density at radius 2 is 1.43 bits per heavy atom. The van der Waals surface area contributed by atoms with Gasteiger partial charge in [-0.2, -0.15) is 0 Å². The van der Waals surface area contributed by atoms with Crippen LogP contribution in [0.4, 0.5) is 5.69 Å². The van der Waals surface area contributed by atoms with Crippen LogP contribution in [-0.4, -0.2) is 44.3 Å². The molecule has 0 aliphatic carbocycles. The maximum absolute atomic E-state index is 14.4. The molecule has 0 heterocycles. The van der Waals surface area contributed by atoms with E-state index in [1.165, 1.54) is 35.2 Å². The van der Waals surface area contributed by atoms with Gasteiger partial charge < -0.3 is 10.2 Å². The van der Waals surface area contributed by atoms with E-state index in [0.717, 1.165) is 19.9 Å². The second kappa shape index (κ2) is 15.6. The summed E-state index contributed by atoms with van der Waals surface area (Å²) in [5.41, 5.74) is 1.75. The standard InChI is InChI=1S/C33H32BrCl2N3O4S/c1-2-17-37-33(41)31(18-24-9-5-3-6-10-24)38(22-25-13-15-26(34)16-14-25)32(40)23-39(29-20-27(35)19-28(36)21-29)44(42,43)30-11-7-4-8-12-30/h3-16,19-21,31H,2,17-18,22-23H2,1H3,(H,37,41). The number of halogens is 3. The second-order valence-electron chi connectivity index (χ2n) is 10.1. The molecule has 44 heavy (non-hydrogen) atoms. The Morgan fingerprint density at radius 3 is 2.02 bits per heavy atom. The third-order valence-electron chi connectivity index (χ3n) is 6.83. The van der Waals surface area contributed by atoms with Gasteiger partial charge in [0.25, 0.3) is 10.0 Å². The molecular weight excluding hydrogens is 685 g/mol. The Kier molecular flexibility index (Phi) is 11.9. The van der Waals surface area contributed by atoms with Crippen LogP contribution in [0.5, 0.6) is 0 Å². The summed E-state index contributed by atoms with van der Waals surface area (Å²) in [6.07, 6.45) is 0.941. The molecule has 0 aromatic heterocycles. The molecule has 1 N–H and O–H groups in total. The van der Waals surface area contributed by atoms with Crippen LogP contribution >= 0.6 is 39.1 Å². The number of sulfonamides is 1. The summed E-state index contributed by atoms with van der Waals surface area (Å²) in [6, 6.07) is 28.0. The number of benzene rings is 4. The highest BCUT2D eigenvalue weighted by molar-refractivity contribution is 9.10. The normalized spacial score (nSPS) is 11.9. The van der Waals surface area contributed by atoms with E-state index in [9.17, 15) is 18.0 Å². The monoisotopic (exact) mass is 715 g/mol. The highest BCUT2D eigenvalue weighted by atomic mass is 79.9. The largest absolute Gasteiger partial charge is 0.354 e. The predicted octanol–water partition coefficient (Wildman–Crippen LogP) is 7.12. The van der Waals surface area contributed by atoms with Crippen LogP contribution in [0.1, 0.15) is 24.5 Å². The zero-order chi connectivity index (χ0) is 31.7. The molecular formula is C33H32BrCl2N3O4S. The molecule has 2 amide bonds. The van der Waals surface area contributed by atoms with Gasteiger partial charge in [-0.3, -0.25) is 13.9 Å². The number of nitrogens with zero attached hydrogens (tertiary/aromatic N) is 2. The highest BCUT2D eigenvalue weighted by Gasteiger charge is 2.34. The van der Waals surface area contributed by atoms with Gasteiger partial charge >= 0.3 is 0 Å². The molecule has 0 fully saturated rings. The minimum atomic E-state index is -4.25. The van der Waals surface area contributed by atoms with Crippen LogP contribution < -0.4 is 9.62 Å². The first kappa shape index (κ1) is 33.5. The van der Waals surface area contributed by atoms with Gasteiger partial charge in [0.2, 0.25) is 11.8 Å². The SMILES string of the molecule is CCCNC(=O)C(Cc1ccccc1)N(Cc1ccc(Br)cc1)C(=O)CN(c1cc(Cl)cc(Cl)c1)S(=O)(=O)c1ccccc1. The summed E-state index contributed by atoms with van der Waals surface area (Å²) in [6.45, 7) is 1.84. The Labute approximate surface area is 277 Å². The number of carbonyl (C=O) groups is 2. The highest BCUT2D eigenvalue weighted by Crippen LogP contribution is 2.30. The van der Waals surface area contributed by atoms with Crippen LogP contribution in [0.2, 0.25) is 10.0 Å². The van der Waals surface area contributed by atoms with Crippen molar-refractivity contribution in [2.45, 2.75) is 37.2 Å². The van der Waals surface area contributed by atoms with E-state index in [0.29, 0.717) is 13.0 Å². The zero-order valence-corrected chi connectivity index (χ0v) is 27.9. The van der Waals surface area contributed by atoms with Crippen molar-refractivity contribution in [1.82, 2.24) is 10.2 Å². The lowest BCUT2D eigenvalue weighted by Crippen LogP contribution is -2.53. The Morgan fingerprint density at radius 1 is 0.841 bits per heavy atom. The van der Waals surface area contributed by atoms with Crippen LogP contribution in [0, 0.1) is 0 Å². The molecule has 0 saturated carbocycles. The third kappa shape index (κ3) is 8.85. The molecule has 4 aromatic rings. The van der Waals surface area contributed by atoms with E-state index >= 15 is 0 Å². The van der Waals surface area contributed by atoms with E-state index < -0.39 is 28.5 Å². The number of hydrogen-bond donors (Lipinski definition) is 1. The molecule has 230 valence electrons. The van der Waals surface area contributed by atoms with Gasteiger partial charge in [0, 0.05) is 34.0 Å². The van der Waals surface area contributed by atoms with Gasteiger partial charge in [-0.25, -0.2) is 8.42 Å². The Balaban J connectivity index is 1.81. The molecule has 4 rings (SSSR count). The smallest absolute Gasteiger partial charge is 0.264 e. The van der Waals surface area contributed by atoms with Crippen molar-refractivity contribution >= 4 is 66.7 Å². The molecule has 11 heteroatoms.